The van der Waals surface area contributed by atoms with Gasteiger partial charge >= 0.3 is 0 Å². The average Bonchev–Trinajstić information content (AvgIpc) is 3.04. The maximum atomic E-state index is 12.2. The standard InChI is InChI=1S/C19H17ClN2O2S/c1-13-22-17(12-25-13)11-24-18-7-5-15(6-8-18)19(23)21-10-14-3-2-4-16(20)9-14/h2-9,12H,10-11H2,1H3,(H,21,23). The van der Waals surface area contributed by atoms with Crippen LogP contribution in [0.1, 0.15) is 26.6 Å². The number of ether oxygens (including phenoxy) is 1. The Balaban J connectivity index is 1.53. The minimum atomic E-state index is -0.137. The largest absolute Gasteiger partial charge is 0.487 e. The van der Waals surface area contributed by atoms with E-state index in [4.69, 9.17) is 16.3 Å². The molecule has 25 heavy (non-hydrogen) atoms. The fourth-order valence-electron chi connectivity index (χ4n) is 2.27. The van der Waals surface area contributed by atoms with E-state index >= 15 is 0 Å². The zero-order valence-corrected chi connectivity index (χ0v) is 15.2. The molecule has 0 saturated carbocycles. The number of nitrogens with zero attached hydrogens (tertiary/aromatic N) is 1. The molecule has 0 fully saturated rings. The normalized spacial score (nSPS) is 10.5. The number of benzene rings is 2. The number of amides is 1. The van der Waals surface area contributed by atoms with Gasteiger partial charge in [-0.25, -0.2) is 4.98 Å². The molecule has 3 rings (SSSR count). The lowest BCUT2D eigenvalue weighted by Crippen LogP contribution is -2.22. The van der Waals surface area contributed by atoms with Crippen molar-refractivity contribution in [1.29, 1.82) is 0 Å². The molecule has 0 aliphatic heterocycles. The number of aryl methyl sites for hydroxylation is 1. The quantitative estimate of drug-likeness (QED) is 0.687. The third-order valence-electron chi connectivity index (χ3n) is 3.51. The smallest absolute Gasteiger partial charge is 0.251 e. The zero-order valence-electron chi connectivity index (χ0n) is 13.7. The van der Waals surface area contributed by atoms with Crippen LogP contribution in [0.5, 0.6) is 5.75 Å². The second-order valence-electron chi connectivity index (χ2n) is 5.48. The molecule has 0 unspecified atom stereocenters. The van der Waals surface area contributed by atoms with Crippen molar-refractivity contribution < 1.29 is 9.53 Å². The molecule has 1 N–H and O–H groups in total. The van der Waals surface area contributed by atoms with Crippen LogP contribution in [-0.4, -0.2) is 10.9 Å². The van der Waals surface area contributed by atoms with E-state index < -0.39 is 0 Å². The fraction of sp³-hybridized carbons (Fsp3) is 0.158. The maximum Gasteiger partial charge on any atom is 0.251 e. The van der Waals surface area contributed by atoms with Crippen LogP contribution in [0.15, 0.2) is 53.9 Å². The van der Waals surface area contributed by atoms with Crippen molar-refractivity contribution in [3.8, 4) is 5.75 Å². The first-order valence-corrected chi connectivity index (χ1v) is 9.02. The summed E-state index contributed by atoms with van der Waals surface area (Å²) in [5.41, 5.74) is 2.45. The van der Waals surface area contributed by atoms with Crippen LogP contribution >= 0.6 is 22.9 Å². The van der Waals surface area contributed by atoms with Crippen LogP contribution in [0.3, 0.4) is 0 Å². The van der Waals surface area contributed by atoms with Gasteiger partial charge in [0.15, 0.2) is 0 Å². The molecule has 1 aromatic heterocycles. The first-order valence-electron chi connectivity index (χ1n) is 7.77. The van der Waals surface area contributed by atoms with E-state index in [1.54, 1.807) is 41.7 Å². The van der Waals surface area contributed by atoms with Crippen LogP contribution in [-0.2, 0) is 13.2 Å². The maximum absolute atomic E-state index is 12.2. The average molecular weight is 373 g/mol. The molecule has 0 bridgehead atoms. The van der Waals surface area contributed by atoms with E-state index in [2.05, 4.69) is 10.3 Å². The van der Waals surface area contributed by atoms with E-state index in [1.807, 2.05) is 30.5 Å². The van der Waals surface area contributed by atoms with Gasteiger partial charge in [0.05, 0.1) is 10.7 Å². The van der Waals surface area contributed by atoms with Gasteiger partial charge in [0.2, 0.25) is 0 Å². The molecule has 1 heterocycles. The summed E-state index contributed by atoms with van der Waals surface area (Å²) >= 11 is 7.54. The van der Waals surface area contributed by atoms with Gasteiger partial charge in [-0.1, -0.05) is 23.7 Å². The van der Waals surface area contributed by atoms with Crippen LogP contribution < -0.4 is 10.1 Å². The number of nitrogens with one attached hydrogen (secondary N) is 1. The van der Waals surface area contributed by atoms with Crippen LogP contribution in [0.4, 0.5) is 0 Å². The van der Waals surface area contributed by atoms with Gasteiger partial charge < -0.3 is 10.1 Å². The highest BCUT2D eigenvalue weighted by Crippen LogP contribution is 2.16. The lowest BCUT2D eigenvalue weighted by atomic mass is 10.2. The first kappa shape index (κ1) is 17.5. The number of hydrogen-bond donors (Lipinski definition) is 1. The minimum Gasteiger partial charge on any atom is -0.487 e. The highest BCUT2D eigenvalue weighted by atomic mass is 35.5. The monoisotopic (exact) mass is 372 g/mol. The Hall–Kier alpha value is -2.37. The van der Waals surface area contributed by atoms with E-state index in [9.17, 15) is 4.79 Å². The molecule has 2 aromatic carbocycles. The van der Waals surface area contributed by atoms with Crippen LogP contribution in [0.2, 0.25) is 5.02 Å². The lowest BCUT2D eigenvalue weighted by Gasteiger charge is -2.08. The number of hydrogen-bond acceptors (Lipinski definition) is 4. The second kappa shape index (κ2) is 8.14. The van der Waals surface area contributed by atoms with Crippen molar-refractivity contribution in [1.82, 2.24) is 10.3 Å². The van der Waals surface area contributed by atoms with Gasteiger partial charge in [-0.2, -0.15) is 0 Å². The third-order valence-corrected chi connectivity index (χ3v) is 4.57. The Labute approximate surface area is 155 Å². The summed E-state index contributed by atoms with van der Waals surface area (Å²) in [4.78, 5) is 16.6. The van der Waals surface area contributed by atoms with Gasteiger partial charge in [-0.15, -0.1) is 11.3 Å². The summed E-state index contributed by atoms with van der Waals surface area (Å²) in [7, 11) is 0. The summed E-state index contributed by atoms with van der Waals surface area (Å²) in [6, 6.07) is 14.5. The van der Waals surface area contributed by atoms with Gasteiger partial charge in [0.25, 0.3) is 5.91 Å². The predicted octanol–water partition coefficient (Wildman–Crippen LogP) is 4.61. The number of carbonyl (C=O) groups is 1. The van der Waals surface area contributed by atoms with E-state index in [0.717, 1.165) is 16.3 Å². The molecule has 1 amide bonds. The van der Waals surface area contributed by atoms with E-state index in [-0.39, 0.29) is 5.91 Å². The predicted molar refractivity (Wildman–Crippen MR) is 100 cm³/mol. The SMILES string of the molecule is Cc1nc(COc2ccc(C(=O)NCc3cccc(Cl)c3)cc2)cs1. The third kappa shape index (κ3) is 5.05. The topological polar surface area (TPSA) is 51.2 Å². The molecule has 0 spiro atoms. The number of thiazole rings is 1. The van der Waals surface area contributed by atoms with Crippen molar-refractivity contribution in [2.75, 3.05) is 0 Å². The molecular formula is C19H17ClN2O2S. The summed E-state index contributed by atoms with van der Waals surface area (Å²) in [5.74, 6) is 0.568. The van der Waals surface area contributed by atoms with Crippen molar-refractivity contribution in [3.63, 3.8) is 0 Å². The van der Waals surface area contributed by atoms with Gasteiger partial charge in [0.1, 0.15) is 12.4 Å². The van der Waals surface area contributed by atoms with Crippen molar-refractivity contribution >= 4 is 28.8 Å². The molecule has 0 radical (unpaired) electrons. The lowest BCUT2D eigenvalue weighted by molar-refractivity contribution is 0.0951. The summed E-state index contributed by atoms with van der Waals surface area (Å²) in [6.07, 6.45) is 0. The highest BCUT2D eigenvalue weighted by Gasteiger charge is 2.06. The second-order valence-corrected chi connectivity index (χ2v) is 6.98. The van der Waals surface area contributed by atoms with Gasteiger partial charge in [-0.05, 0) is 48.9 Å². The van der Waals surface area contributed by atoms with Crippen LogP contribution in [0, 0.1) is 6.92 Å². The molecule has 3 aromatic rings. The Kier molecular flexibility index (Phi) is 5.68. The Morgan fingerprint density at radius 3 is 2.72 bits per heavy atom. The number of rotatable bonds is 6. The van der Waals surface area contributed by atoms with Gasteiger partial charge in [0, 0.05) is 22.5 Å². The summed E-state index contributed by atoms with van der Waals surface area (Å²) in [5, 5.41) is 6.53. The molecule has 4 nitrogen and oxygen atoms in total. The molecular weight excluding hydrogens is 356 g/mol. The van der Waals surface area contributed by atoms with Gasteiger partial charge in [-0.3, -0.25) is 4.79 Å². The van der Waals surface area contributed by atoms with Crippen molar-refractivity contribution in [3.05, 3.63) is 80.8 Å². The van der Waals surface area contributed by atoms with Crippen LogP contribution in [0.25, 0.3) is 0 Å². The first-order chi connectivity index (χ1) is 12.1. The number of aromatic nitrogens is 1. The van der Waals surface area contributed by atoms with E-state index in [0.29, 0.717) is 29.5 Å². The minimum absolute atomic E-state index is 0.137. The highest BCUT2D eigenvalue weighted by molar-refractivity contribution is 7.09. The van der Waals surface area contributed by atoms with E-state index in [1.165, 1.54) is 0 Å². The summed E-state index contributed by atoms with van der Waals surface area (Å²) in [6.45, 7) is 2.82. The zero-order chi connectivity index (χ0) is 17.6. The number of halogens is 1. The molecule has 0 saturated heterocycles. The molecule has 0 aliphatic carbocycles. The summed E-state index contributed by atoms with van der Waals surface area (Å²) < 4.78 is 5.68. The molecule has 6 heteroatoms. The van der Waals surface area contributed by atoms with Crippen molar-refractivity contribution in [2.45, 2.75) is 20.1 Å². The Bertz CT molecular complexity index is 862. The number of carbonyl (C=O) groups excluding carboxylic acids is 1. The fourth-order valence-corrected chi connectivity index (χ4v) is 3.08. The Morgan fingerprint density at radius 1 is 1.24 bits per heavy atom. The Morgan fingerprint density at radius 2 is 2.04 bits per heavy atom. The molecule has 0 atom stereocenters. The molecule has 128 valence electrons. The molecule has 0 aliphatic rings. The van der Waals surface area contributed by atoms with Crippen molar-refractivity contribution in [2.24, 2.45) is 0 Å².